The van der Waals surface area contributed by atoms with E-state index in [0.29, 0.717) is 48.7 Å². The van der Waals surface area contributed by atoms with Crippen molar-refractivity contribution >= 4 is 23.6 Å². The van der Waals surface area contributed by atoms with Gasteiger partial charge >= 0.3 is 0 Å². The minimum absolute atomic E-state index is 0.0503. The molecular weight excluding hydrogens is 1330 g/mol. The van der Waals surface area contributed by atoms with E-state index in [9.17, 15) is 19.2 Å². The molecule has 4 unspecified atom stereocenters. The van der Waals surface area contributed by atoms with Crippen molar-refractivity contribution in [3.05, 3.63) is 72.9 Å². The predicted molar refractivity (Wildman–Crippen MR) is 488 cm³/mol. The summed E-state index contributed by atoms with van der Waals surface area (Å²) in [4.78, 5) is 51.9. The standard InChI is InChI=1S/C10H21NO2.2C9H19NO2.C9H20.C8H17NO2.6C6H12.C6H14.2C4H10/c1-5-7-8-9(13-6-2)10(12)11(3)4;1-5-6-7-8(12-4)9(11)10(2)3;1-5-7-8(12-6-2)9(11)10(3)4;1-4-7-8-9(5-2)6-3;1-5-6-7(11-4)8(10)9(2)3;6*1-5(2)6(3)4;1-4-5-6(2)3;2*1-4(2)3/h9H,5-8H2,1-4H3;2*8H,5-7H2,1-4H3;9H,4-8H2,1-3H3;7H,5-6H2,1-4H3;6*6H,1H2,2-4H3;6H,4-5H2,1-3H3;2*4H,1-3H3. The van der Waals surface area contributed by atoms with Gasteiger partial charge in [-0.25, -0.2) is 0 Å². The largest absolute Gasteiger partial charge is 0.372 e. The molecule has 0 fully saturated rings. The summed E-state index contributed by atoms with van der Waals surface area (Å²) in [5.41, 5.74) is 7.56. The maximum absolute atomic E-state index is 11.5. The SMILES string of the molecule is C=C(C)C(C)C.C=C(C)C(C)C.C=C(C)C(C)C.C=C(C)C(C)C.C=C(C)C(C)C.C=C(C)C(C)C.CC(C)C.CC(C)C.CCCC(C)C.CCCC(OC)C(=O)N(C)C.CCCC(OCC)C(=O)N(C)C.CCCCC(CC)CC.CCCCC(OC)C(=O)N(C)C.CCCCC(OCC)C(=O)N(C)C. The monoisotopic (exact) mass is 1530 g/mol. The summed E-state index contributed by atoms with van der Waals surface area (Å²) >= 11 is 0. The second-order valence-electron chi connectivity index (χ2n) is 32.6. The van der Waals surface area contributed by atoms with E-state index in [2.05, 4.69) is 226 Å². The zero-order valence-corrected chi connectivity index (χ0v) is 81.8. The number of rotatable bonds is 33. The second kappa shape index (κ2) is 98.2. The molecule has 0 spiro atoms. The lowest BCUT2D eigenvalue weighted by Crippen LogP contribution is -2.35. The number of carbonyl (C=O) groups excluding carboxylic acids is 4. The lowest BCUT2D eigenvalue weighted by Gasteiger charge is -2.19. The van der Waals surface area contributed by atoms with E-state index in [1.165, 1.54) is 78.4 Å². The maximum Gasteiger partial charge on any atom is 0.251 e. The fourth-order valence-corrected chi connectivity index (χ4v) is 5.87. The van der Waals surface area contributed by atoms with E-state index >= 15 is 0 Å². The molecule has 0 radical (unpaired) electrons. The third kappa shape index (κ3) is 135. The van der Waals surface area contributed by atoms with E-state index in [1.807, 2.05) is 62.3 Å². The number of carbonyl (C=O) groups is 4. The highest BCUT2D eigenvalue weighted by Crippen LogP contribution is 2.16. The van der Waals surface area contributed by atoms with Crippen molar-refractivity contribution in [2.24, 2.45) is 59.2 Å². The highest BCUT2D eigenvalue weighted by atomic mass is 16.5. The number of hydrogen-bond acceptors (Lipinski definition) is 8. The summed E-state index contributed by atoms with van der Waals surface area (Å²) in [5, 5.41) is 0. The van der Waals surface area contributed by atoms with Crippen molar-refractivity contribution in [1.82, 2.24) is 19.6 Å². The van der Waals surface area contributed by atoms with Crippen LogP contribution >= 0.6 is 0 Å². The molecule has 0 saturated carbocycles. The van der Waals surface area contributed by atoms with Gasteiger partial charge in [0.25, 0.3) is 23.6 Å². The summed E-state index contributed by atoms with van der Waals surface area (Å²) in [5.74, 6) is 7.77. The summed E-state index contributed by atoms with van der Waals surface area (Å²) in [6, 6.07) is 0. The molecule has 4 amide bonds. The van der Waals surface area contributed by atoms with Crippen LogP contribution in [-0.4, -0.2) is 151 Å². The normalized spacial score (nSPS) is 11.0. The highest BCUT2D eigenvalue weighted by molar-refractivity contribution is 5.81. The minimum atomic E-state index is -0.255. The van der Waals surface area contributed by atoms with Crippen molar-refractivity contribution < 1.29 is 38.1 Å². The lowest BCUT2D eigenvalue weighted by molar-refractivity contribution is -0.141. The summed E-state index contributed by atoms with van der Waals surface area (Å²) in [7, 11) is 17.2. The average Bonchev–Trinajstić information content (AvgIpc) is 0.951. The molecule has 107 heavy (non-hydrogen) atoms. The Hall–Kier alpha value is -3.84. The fourth-order valence-electron chi connectivity index (χ4n) is 5.87. The molecule has 12 nitrogen and oxygen atoms in total. The van der Waals surface area contributed by atoms with Crippen LogP contribution in [0.25, 0.3) is 0 Å². The van der Waals surface area contributed by atoms with Gasteiger partial charge in [0.1, 0.15) is 24.4 Å². The molecule has 0 rings (SSSR count). The van der Waals surface area contributed by atoms with Gasteiger partial charge in [-0.3, -0.25) is 19.2 Å². The van der Waals surface area contributed by atoms with Crippen LogP contribution in [0, 0.1) is 59.2 Å². The Balaban J connectivity index is -0.0000000736. The van der Waals surface area contributed by atoms with Crippen molar-refractivity contribution in [2.75, 3.05) is 83.8 Å². The molecule has 0 bridgehead atoms. The third-order valence-electron chi connectivity index (χ3n) is 15.8. The Morgan fingerprint density at radius 1 is 0.280 bits per heavy atom. The summed E-state index contributed by atoms with van der Waals surface area (Å²) in [6.07, 6.45) is 18.2. The van der Waals surface area contributed by atoms with Gasteiger partial charge in [0.05, 0.1) is 0 Å². The zero-order chi connectivity index (χ0) is 88.4. The minimum Gasteiger partial charge on any atom is -0.372 e. The van der Waals surface area contributed by atoms with Crippen LogP contribution in [0.5, 0.6) is 0 Å². The van der Waals surface area contributed by atoms with Gasteiger partial charge in [0.15, 0.2) is 0 Å². The summed E-state index contributed by atoms with van der Waals surface area (Å²) in [6.45, 7) is 100. The van der Waals surface area contributed by atoms with Gasteiger partial charge < -0.3 is 38.5 Å². The molecule has 0 aromatic carbocycles. The van der Waals surface area contributed by atoms with Crippen LogP contribution in [0.15, 0.2) is 72.9 Å². The van der Waals surface area contributed by atoms with E-state index in [4.69, 9.17) is 18.9 Å². The van der Waals surface area contributed by atoms with E-state index in [0.717, 1.165) is 87.9 Å². The Morgan fingerprint density at radius 2 is 0.449 bits per heavy atom. The van der Waals surface area contributed by atoms with Crippen LogP contribution in [0.4, 0.5) is 0 Å². The molecule has 0 heterocycles. The predicted octanol–water partition coefficient (Wildman–Crippen LogP) is 27.8. The molecule has 650 valence electrons. The zero-order valence-electron chi connectivity index (χ0n) is 81.8. The quantitative estimate of drug-likeness (QED) is 0.0596. The van der Waals surface area contributed by atoms with Crippen LogP contribution in [-0.2, 0) is 38.1 Å². The number of ether oxygens (including phenoxy) is 4. The second-order valence-corrected chi connectivity index (χ2v) is 32.6. The van der Waals surface area contributed by atoms with Crippen LogP contribution in [0.1, 0.15) is 358 Å². The average molecular weight is 1530 g/mol. The van der Waals surface area contributed by atoms with Crippen molar-refractivity contribution in [1.29, 1.82) is 0 Å². The van der Waals surface area contributed by atoms with Crippen LogP contribution < -0.4 is 0 Å². The highest BCUT2D eigenvalue weighted by Gasteiger charge is 2.21. The third-order valence-corrected chi connectivity index (χ3v) is 15.8. The van der Waals surface area contributed by atoms with Crippen LogP contribution in [0.2, 0.25) is 0 Å². The number of unbranched alkanes of at least 4 members (excludes halogenated alkanes) is 3. The first-order valence-corrected chi connectivity index (χ1v) is 42.0. The fraction of sp³-hybridized carbons (Fsp3) is 0.832. The number of hydrogen-bond donors (Lipinski definition) is 0. The number of nitrogens with zero attached hydrogens (tertiary/aromatic N) is 4. The van der Waals surface area contributed by atoms with Gasteiger partial charge in [-0.1, -0.05) is 350 Å². The number of likely N-dealkylation sites (N-methyl/N-ethyl adjacent to an activating group) is 4. The lowest BCUT2D eigenvalue weighted by atomic mass is 9.97. The molecule has 0 N–H and O–H groups in total. The molecule has 0 aliphatic rings. The molecule has 4 atom stereocenters. The number of methoxy groups -OCH3 is 2. The number of allylic oxidation sites excluding steroid dienone is 6. The van der Waals surface area contributed by atoms with Gasteiger partial charge in [0, 0.05) is 83.8 Å². The molecule has 0 saturated heterocycles. The number of amides is 4. The Kier molecular flexibility index (Phi) is 124. The molecule has 0 aliphatic carbocycles. The van der Waals surface area contributed by atoms with Gasteiger partial charge in [-0.15, -0.1) is 0 Å². The smallest absolute Gasteiger partial charge is 0.251 e. The molecule has 0 aliphatic heterocycles. The van der Waals surface area contributed by atoms with E-state index in [-0.39, 0.29) is 48.0 Å². The Bertz CT molecular complexity index is 1780. The Labute approximate surface area is 676 Å². The molecule has 0 aromatic heterocycles. The molecule has 12 heteroatoms. The van der Waals surface area contributed by atoms with Gasteiger partial charge in [-0.05, 0) is 140 Å². The first kappa shape index (κ1) is 135. The first-order chi connectivity index (χ1) is 49.0. The molecular formula is C95H202N4O8. The topological polar surface area (TPSA) is 118 Å². The van der Waals surface area contributed by atoms with Gasteiger partial charge in [-0.2, -0.15) is 0 Å². The van der Waals surface area contributed by atoms with E-state index in [1.54, 1.807) is 90.2 Å². The van der Waals surface area contributed by atoms with Crippen LogP contribution in [0.3, 0.4) is 0 Å². The van der Waals surface area contributed by atoms with Crippen molar-refractivity contribution in [2.45, 2.75) is 383 Å². The van der Waals surface area contributed by atoms with Gasteiger partial charge in [0.2, 0.25) is 0 Å². The van der Waals surface area contributed by atoms with Crippen molar-refractivity contribution in [3.8, 4) is 0 Å². The maximum atomic E-state index is 11.5. The summed E-state index contributed by atoms with van der Waals surface area (Å²) < 4.78 is 20.8. The Morgan fingerprint density at radius 3 is 0.589 bits per heavy atom. The van der Waals surface area contributed by atoms with Crippen molar-refractivity contribution in [3.63, 3.8) is 0 Å². The first-order valence-electron chi connectivity index (χ1n) is 42.0. The van der Waals surface area contributed by atoms with E-state index < -0.39 is 0 Å². The molecule has 0 aromatic rings.